The molecule has 1 heterocycles. The Bertz CT molecular complexity index is 850. The van der Waals surface area contributed by atoms with Crippen molar-refractivity contribution in [3.63, 3.8) is 0 Å². The fourth-order valence-electron chi connectivity index (χ4n) is 1.66. The maximum Gasteiger partial charge on any atom is 0.289 e. The molecule has 0 atom stereocenters. The summed E-state index contributed by atoms with van der Waals surface area (Å²) in [5.41, 5.74) is -0.537. The summed E-state index contributed by atoms with van der Waals surface area (Å²) in [7, 11) is -2.78. The first-order valence-electron chi connectivity index (χ1n) is 5.55. The summed E-state index contributed by atoms with van der Waals surface area (Å²) in [6.07, 6.45) is 1.19. The van der Waals surface area contributed by atoms with Gasteiger partial charge in [0.15, 0.2) is 10.7 Å². The average Bonchev–Trinajstić information content (AvgIpc) is 2.79. The Morgan fingerprint density at radius 1 is 1.43 bits per heavy atom. The Hall–Kier alpha value is -2.93. The van der Waals surface area contributed by atoms with E-state index in [1.54, 1.807) is 6.07 Å². The molecule has 2 aromatic rings. The van der Waals surface area contributed by atoms with E-state index in [-0.39, 0.29) is 11.4 Å². The topological polar surface area (TPSA) is 131 Å². The first-order chi connectivity index (χ1) is 9.86. The van der Waals surface area contributed by atoms with E-state index in [0.29, 0.717) is 0 Å². The second-order valence-electron chi connectivity index (χ2n) is 3.97. The van der Waals surface area contributed by atoms with Crippen LogP contribution in [-0.2, 0) is 17.1 Å². The molecule has 1 aromatic heterocycles. The van der Waals surface area contributed by atoms with Crippen molar-refractivity contribution in [2.24, 2.45) is 7.05 Å². The smallest absolute Gasteiger partial charge is 0.262 e. The molecule has 0 amide bonds. The number of hydrogen-bond acceptors (Lipinski definition) is 6. The molecule has 1 N–H and O–H groups in total. The van der Waals surface area contributed by atoms with E-state index in [1.165, 1.54) is 25.4 Å². The van der Waals surface area contributed by atoms with Gasteiger partial charge < -0.3 is 0 Å². The highest BCUT2D eigenvalue weighted by molar-refractivity contribution is 7.92. The Labute approximate surface area is 119 Å². The number of para-hydroxylation sites is 1. The number of rotatable bonds is 4. The van der Waals surface area contributed by atoms with Gasteiger partial charge in [-0.15, -0.1) is 0 Å². The van der Waals surface area contributed by atoms with Crippen LogP contribution in [-0.4, -0.2) is 23.1 Å². The van der Waals surface area contributed by atoms with E-state index >= 15 is 0 Å². The number of anilines is 1. The van der Waals surface area contributed by atoms with Gasteiger partial charge in [-0.1, -0.05) is 12.1 Å². The zero-order valence-corrected chi connectivity index (χ0v) is 11.5. The molecule has 0 saturated carbocycles. The van der Waals surface area contributed by atoms with E-state index in [9.17, 15) is 18.5 Å². The summed E-state index contributed by atoms with van der Waals surface area (Å²) in [5.74, 6) is -0.0596. The number of nitrogens with one attached hydrogen (secondary N) is 1. The lowest BCUT2D eigenvalue weighted by molar-refractivity contribution is -0.387. The van der Waals surface area contributed by atoms with Gasteiger partial charge in [0.2, 0.25) is 0 Å². The molecular formula is C11H9N5O4S. The van der Waals surface area contributed by atoms with Crippen LogP contribution in [0, 0.1) is 21.4 Å². The molecule has 1 aromatic carbocycles. The number of nitro groups is 1. The molecular weight excluding hydrogens is 298 g/mol. The fourth-order valence-corrected chi connectivity index (χ4v) is 2.94. The van der Waals surface area contributed by atoms with E-state index in [1.807, 2.05) is 0 Å². The summed E-state index contributed by atoms with van der Waals surface area (Å²) in [4.78, 5) is 9.63. The van der Waals surface area contributed by atoms with Crippen molar-refractivity contribution in [3.8, 4) is 6.07 Å². The molecule has 0 aliphatic heterocycles. The van der Waals surface area contributed by atoms with Crippen molar-refractivity contribution >= 4 is 21.5 Å². The number of aryl methyl sites for hydroxylation is 1. The standard InChI is InChI=1S/C11H9N5O4S/c1-15-11(8(6-12)7-13-15)14-21(19,20)10-5-3-2-4-9(10)16(17)18/h2-5,7,14H,1H3. The molecule has 0 saturated heterocycles. The highest BCUT2D eigenvalue weighted by atomic mass is 32.2. The van der Waals surface area contributed by atoms with Gasteiger partial charge in [-0.05, 0) is 6.07 Å². The van der Waals surface area contributed by atoms with Crippen LogP contribution >= 0.6 is 0 Å². The van der Waals surface area contributed by atoms with Crippen LogP contribution in [0.1, 0.15) is 5.56 Å². The number of nitriles is 1. The lowest BCUT2D eigenvalue weighted by atomic mass is 10.3. The largest absolute Gasteiger partial charge is 0.289 e. The van der Waals surface area contributed by atoms with Crippen molar-refractivity contribution in [2.45, 2.75) is 4.90 Å². The molecule has 2 rings (SSSR count). The second kappa shape index (κ2) is 5.22. The lowest BCUT2D eigenvalue weighted by Gasteiger charge is -2.08. The molecule has 0 unspecified atom stereocenters. The molecule has 108 valence electrons. The predicted molar refractivity (Wildman–Crippen MR) is 71.8 cm³/mol. The third-order valence-electron chi connectivity index (χ3n) is 2.64. The van der Waals surface area contributed by atoms with Crippen molar-refractivity contribution < 1.29 is 13.3 Å². The van der Waals surface area contributed by atoms with Gasteiger partial charge in [-0.25, -0.2) is 8.42 Å². The third-order valence-corrected chi connectivity index (χ3v) is 4.03. The maximum absolute atomic E-state index is 12.3. The summed E-state index contributed by atoms with van der Waals surface area (Å²) in [6.45, 7) is 0. The van der Waals surface area contributed by atoms with Crippen molar-refractivity contribution in [1.29, 1.82) is 5.26 Å². The van der Waals surface area contributed by atoms with E-state index in [2.05, 4.69) is 9.82 Å². The first-order valence-corrected chi connectivity index (χ1v) is 7.03. The second-order valence-corrected chi connectivity index (χ2v) is 5.62. The van der Waals surface area contributed by atoms with Crippen molar-refractivity contribution in [3.05, 3.63) is 46.1 Å². The van der Waals surface area contributed by atoms with Crippen LogP contribution in [0.15, 0.2) is 35.4 Å². The number of hydrogen-bond donors (Lipinski definition) is 1. The number of benzene rings is 1. The SMILES string of the molecule is Cn1ncc(C#N)c1NS(=O)(=O)c1ccccc1[N+](=O)[O-]. The van der Waals surface area contributed by atoms with Crippen LogP contribution in [0.25, 0.3) is 0 Å². The molecule has 0 aliphatic carbocycles. The minimum atomic E-state index is -4.22. The van der Waals surface area contributed by atoms with Crippen LogP contribution < -0.4 is 4.72 Å². The highest BCUT2D eigenvalue weighted by Gasteiger charge is 2.27. The third kappa shape index (κ3) is 2.67. The van der Waals surface area contributed by atoms with Crippen LogP contribution in [0.5, 0.6) is 0 Å². The summed E-state index contributed by atoms with van der Waals surface area (Å²) < 4.78 is 27.9. The molecule has 0 bridgehead atoms. The molecule has 9 nitrogen and oxygen atoms in total. The summed E-state index contributed by atoms with van der Waals surface area (Å²) in [6, 6.07) is 6.72. The van der Waals surface area contributed by atoms with Gasteiger partial charge >= 0.3 is 0 Å². The molecule has 21 heavy (non-hydrogen) atoms. The Balaban J connectivity index is 2.52. The van der Waals surface area contributed by atoms with Gasteiger partial charge in [-0.2, -0.15) is 10.4 Å². The maximum atomic E-state index is 12.3. The van der Waals surface area contributed by atoms with Gasteiger partial charge in [0.25, 0.3) is 15.7 Å². The Morgan fingerprint density at radius 3 is 2.71 bits per heavy atom. The lowest BCUT2D eigenvalue weighted by Crippen LogP contribution is -2.17. The molecule has 0 aliphatic rings. The number of nitro benzene ring substituents is 1. The quantitative estimate of drug-likeness (QED) is 0.662. The average molecular weight is 307 g/mol. The van der Waals surface area contributed by atoms with Gasteiger partial charge in [-0.3, -0.25) is 19.5 Å². The normalized spacial score (nSPS) is 10.9. The monoisotopic (exact) mass is 307 g/mol. The Kier molecular flexibility index (Phi) is 3.60. The van der Waals surface area contributed by atoms with E-state index < -0.39 is 25.5 Å². The molecule has 0 spiro atoms. The van der Waals surface area contributed by atoms with Crippen LogP contribution in [0.2, 0.25) is 0 Å². The van der Waals surface area contributed by atoms with E-state index in [0.717, 1.165) is 16.8 Å². The van der Waals surface area contributed by atoms with Crippen molar-refractivity contribution in [2.75, 3.05) is 4.72 Å². The highest BCUT2D eigenvalue weighted by Crippen LogP contribution is 2.26. The van der Waals surface area contributed by atoms with Crippen LogP contribution in [0.3, 0.4) is 0 Å². The first kappa shape index (κ1) is 14.5. The van der Waals surface area contributed by atoms with Crippen molar-refractivity contribution in [1.82, 2.24) is 9.78 Å². The zero-order chi connectivity index (χ0) is 15.6. The molecule has 0 radical (unpaired) electrons. The predicted octanol–water partition coefficient (Wildman–Crippen LogP) is 1.00. The summed E-state index contributed by atoms with van der Waals surface area (Å²) in [5, 5.41) is 23.6. The Morgan fingerprint density at radius 2 is 2.10 bits per heavy atom. The minimum Gasteiger partial charge on any atom is -0.262 e. The molecule has 0 fully saturated rings. The number of nitrogens with zero attached hydrogens (tertiary/aromatic N) is 4. The number of sulfonamides is 1. The zero-order valence-electron chi connectivity index (χ0n) is 10.7. The van der Waals surface area contributed by atoms with E-state index in [4.69, 9.17) is 5.26 Å². The van der Waals surface area contributed by atoms with Gasteiger partial charge in [0, 0.05) is 13.1 Å². The summed E-state index contributed by atoms with van der Waals surface area (Å²) >= 11 is 0. The van der Waals surface area contributed by atoms with Crippen LogP contribution in [0.4, 0.5) is 11.5 Å². The van der Waals surface area contributed by atoms with Gasteiger partial charge in [0.05, 0.1) is 11.1 Å². The minimum absolute atomic E-state index is 0.0136. The fraction of sp³-hybridized carbons (Fsp3) is 0.0909. The number of aromatic nitrogens is 2. The molecule has 10 heteroatoms. The van der Waals surface area contributed by atoms with Gasteiger partial charge in [0.1, 0.15) is 11.6 Å².